The molecule has 1 N–H and O–H groups in total. The molecular formula is C14H20N2O3. The molecule has 0 saturated heterocycles. The van der Waals surface area contributed by atoms with Gasteiger partial charge in [0, 0.05) is 12.1 Å². The highest BCUT2D eigenvalue weighted by molar-refractivity contribution is 5.91. The number of carbonyl (C=O) groups is 2. The first-order chi connectivity index (χ1) is 8.76. The van der Waals surface area contributed by atoms with Gasteiger partial charge in [-0.05, 0) is 39.8 Å². The molecule has 0 spiro atoms. The number of nitrogens with one attached hydrogen (secondary N) is 1. The third-order valence-corrected chi connectivity index (χ3v) is 2.13. The molecule has 1 aromatic rings. The molecule has 1 aromatic heterocycles. The second kappa shape index (κ2) is 6.31. The van der Waals surface area contributed by atoms with Gasteiger partial charge in [0.1, 0.15) is 11.4 Å². The molecule has 1 rings (SSSR count). The van der Waals surface area contributed by atoms with Crippen molar-refractivity contribution in [1.82, 2.24) is 4.98 Å². The van der Waals surface area contributed by atoms with Gasteiger partial charge in [0.25, 0.3) is 0 Å². The maximum absolute atomic E-state index is 11.6. The standard InChI is InChI=1S/C14H20N2O3/c1-10-6-5-7-11(15-10)16-12(17)8-9-13(18)19-14(2,3)4/h5-7H,8-9H2,1-4H3,(H,15,16,17). The fourth-order valence-electron chi connectivity index (χ4n) is 1.43. The Hall–Kier alpha value is -1.91. The maximum Gasteiger partial charge on any atom is 0.306 e. The minimum Gasteiger partial charge on any atom is -0.460 e. The SMILES string of the molecule is Cc1cccc(NC(=O)CCC(=O)OC(C)(C)C)n1. The van der Waals surface area contributed by atoms with Crippen LogP contribution in [0.2, 0.25) is 0 Å². The molecule has 0 unspecified atom stereocenters. The maximum atomic E-state index is 11.6. The molecule has 5 nitrogen and oxygen atoms in total. The van der Waals surface area contributed by atoms with Crippen LogP contribution in [-0.4, -0.2) is 22.5 Å². The molecule has 19 heavy (non-hydrogen) atoms. The average Bonchev–Trinajstić information content (AvgIpc) is 2.24. The van der Waals surface area contributed by atoms with Gasteiger partial charge in [-0.1, -0.05) is 6.07 Å². The first-order valence-corrected chi connectivity index (χ1v) is 6.21. The summed E-state index contributed by atoms with van der Waals surface area (Å²) < 4.78 is 5.12. The predicted molar refractivity (Wildman–Crippen MR) is 72.7 cm³/mol. The van der Waals surface area contributed by atoms with Gasteiger partial charge in [-0.2, -0.15) is 0 Å². The molecule has 0 saturated carbocycles. The van der Waals surface area contributed by atoms with Crippen LogP contribution >= 0.6 is 0 Å². The number of pyridine rings is 1. The second-order valence-corrected chi connectivity index (χ2v) is 5.30. The Balaban J connectivity index is 2.38. The Bertz CT molecular complexity index is 464. The van der Waals surface area contributed by atoms with E-state index in [9.17, 15) is 9.59 Å². The highest BCUT2D eigenvalue weighted by Crippen LogP contribution is 2.10. The molecule has 0 aliphatic heterocycles. The van der Waals surface area contributed by atoms with Gasteiger partial charge in [-0.25, -0.2) is 4.98 Å². The van der Waals surface area contributed by atoms with Gasteiger partial charge in [0.2, 0.25) is 5.91 Å². The number of ether oxygens (including phenoxy) is 1. The summed E-state index contributed by atoms with van der Waals surface area (Å²) >= 11 is 0. The van der Waals surface area contributed by atoms with Crippen molar-refractivity contribution in [3.8, 4) is 0 Å². The van der Waals surface area contributed by atoms with E-state index in [1.165, 1.54) is 0 Å². The highest BCUT2D eigenvalue weighted by Gasteiger charge is 2.17. The number of carbonyl (C=O) groups excluding carboxylic acids is 2. The minimum atomic E-state index is -0.522. The number of rotatable bonds is 4. The fourth-order valence-corrected chi connectivity index (χ4v) is 1.43. The van der Waals surface area contributed by atoms with E-state index in [1.807, 2.05) is 19.1 Å². The predicted octanol–water partition coefficient (Wildman–Crippen LogP) is 2.45. The van der Waals surface area contributed by atoms with Crippen LogP contribution in [0.25, 0.3) is 0 Å². The highest BCUT2D eigenvalue weighted by atomic mass is 16.6. The van der Waals surface area contributed by atoms with Crippen LogP contribution < -0.4 is 5.32 Å². The number of hydrogen-bond donors (Lipinski definition) is 1. The Labute approximate surface area is 113 Å². The molecule has 0 atom stereocenters. The van der Waals surface area contributed by atoms with Gasteiger partial charge in [0.15, 0.2) is 0 Å². The van der Waals surface area contributed by atoms with E-state index < -0.39 is 5.60 Å². The lowest BCUT2D eigenvalue weighted by atomic mass is 10.2. The van der Waals surface area contributed by atoms with E-state index in [0.29, 0.717) is 5.82 Å². The number of amides is 1. The Kier molecular flexibility index (Phi) is 5.03. The van der Waals surface area contributed by atoms with Crippen molar-refractivity contribution >= 4 is 17.7 Å². The number of aromatic nitrogens is 1. The van der Waals surface area contributed by atoms with Crippen LogP contribution in [0, 0.1) is 6.92 Å². The molecule has 5 heteroatoms. The second-order valence-electron chi connectivity index (χ2n) is 5.30. The first kappa shape index (κ1) is 15.1. The van der Waals surface area contributed by atoms with Crippen LogP contribution in [0.5, 0.6) is 0 Å². The number of hydrogen-bond acceptors (Lipinski definition) is 4. The van der Waals surface area contributed by atoms with Crippen molar-refractivity contribution in [2.45, 2.75) is 46.1 Å². The van der Waals surface area contributed by atoms with Crippen molar-refractivity contribution in [1.29, 1.82) is 0 Å². The van der Waals surface area contributed by atoms with E-state index in [1.54, 1.807) is 26.8 Å². The summed E-state index contributed by atoms with van der Waals surface area (Å²) in [5.41, 5.74) is 0.302. The summed E-state index contributed by atoms with van der Waals surface area (Å²) in [5, 5.41) is 2.64. The van der Waals surface area contributed by atoms with Gasteiger partial charge >= 0.3 is 5.97 Å². The summed E-state index contributed by atoms with van der Waals surface area (Å²) in [6, 6.07) is 5.36. The quantitative estimate of drug-likeness (QED) is 0.848. The van der Waals surface area contributed by atoms with Crippen LogP contribution in [0.4, 0.5) is 5.82 Å². The lowest BCUT2D eigenvalue weighted by Crippen LogP contribution is -2.24. The zero-order valence-corrected chi connectivity index (χ0v) is 11.8. The zero-order chi connectivity index (χ0) is 14.5. The molecule has 1 amide bonds. The molecule has 0 aliphatic carbocycles. The number of esters is 1. The lowest BCUT2D eigenvalue weighted by molar-refractivity contribution is -0.155. The van der Waals surface area contributed by atoms with Gasteiger partial charge in [-0.3, -0.25) is 9.59 Å². The van der Waals surface area contributed by atoms with E-state index in [4.69, 9.17) is 4.74 Å². The first-order valence-electron chi connectivity index (χ1n) is 6.21. The summed E-state index contributed by atoms with van der Waals surface area (Å²) in [5.74, 6) is -0.127. The van der Waals surface area contributed by atoms with Crippen molar-refractivity contribution in [3.63, 3.8) is 0 Å². The number of nitrogens with zero attached hydrogens (tertiary/aromatic N) is 1. The monoisotopic (exact) mass is 264 g/mol. The van der Waals surface area contributed by atoms with E-state index in [2.05, 4.69) is 10.3 Å². The topological polar surface area (TPSA) is 68.3 Å². The largest absolute Gasteiger partial charge is 0.460 e. The Morgan fingerprint density at radius 2 is 1.95 bits per heavy atom. The van der Waals surface area contributed by atoms with Crippen molar-refractivity contribution in [2.75, 3.05) is 5.32 Å². The summed E-state index contributed by atoms with van der Waals surface area (Å²) in [4.78, 5) is 27.2. The summed E-state index contributed by atoms with van der Waals surface area (Å²) in [6.45, 7) is 7.22. The van der Waals surface area contributed by atoms with Crippen LogP contribution in [0.15, 0.2) is 18.2 Å². The van der Waals surface area contributed by atoms with Crippen molar-refractivity contribution in [2.24, 2.45) is 0 Å². The van der Waals surface area contributed by atoms with Crippen molar-refractivity contribution in [3.05, 3.63) is 23.9 Å². The molecule has 0 bridgehead atoms. The Morgan fingerprint density at radius 3 is 2.53 bits per heavy atom. The summed E-state index contributed by atoms with van der Waals surface area (Å²) in [7, 11) is 0. The van der Waals surface area contributed by atoms with Gasteiger partial charge in [-0.15, -0.1) is 0 Å². The smallest absolute Gasteiger partial charge is 0.306 e. The minimum absolute atomic E-state index is 0.0644. The molecule has 0 aromatic carbocycles. The average molecular weight is 264 g/mol. The summed E-state index contributed by atoms with van der Waals surface area (Å²) in [6.07, 6.45) is 0.152. The van der Waals surface area contributed by atoms with Gasteiger partial charge < -0.3 is 10.1 Å². The molecule has 1 heterocycles. The molecule has 104 valence electrons. The normalized spacial score (nSPS) is 10.9. The molecule has 0 radical (unpaired) electrons. The van der Waals surface area contributed by atoms with E-state index in [-0.39, 0.29) is 24.7 Å². The van der Waals surface area contributed by atoms with Crippen LogP contribution in [0.1, 0.15) is 39.3 Å². The number of anilines is 1. The van der Waals surface area contributed by atoms with Crippen LogP contribution in [-0.2, 0) is 14.3 Å². The lowest BCUT2D eigenvalue weighted by Gasteiger charge is -2.19. The molecular weight excluding hydrogens is 244 g/mol. The Morgan fingerprint density at radius 1 is 1.26 bits per heavy atom. The van der Waals surface area contributed by atoms with Crippen LogP contribution in [0.3, 0.4) is 0 Å². The number of aryl methyl sites for hydroxylation is 1. The van der Waals surface area contributed by atoms with E-state index >= 15 is 0 Å². The zero-order valence-electron chi connectivity index (χ0n) is 11.8. The molecule has 0 fully saturated rings. The third kappa shape index (κ3) is 6.55. The van der Waals surface area contributed by atoms with Crippen molar-refractivity contribution < 1.29 is 14.3 Å². The van der Waals surface area contributed by atoms with E-state index in [0.717, 1.165) is 5.69 Å². The van der Waals surface area contributed by atoms with Gasteiger partial charge in [0.05, 0.1) is 6.42 Å². The fraction of sp³-hybridized carbons (Fsp3) is 0.500. The molecule has 0 aliphatic rings. The third-order valence-electron chi connectivity index (χ3n) is 2.13.